The van der Waals surface area contributed by atoms with E-state index < -0.39 is 11.6 Å². The van der Waals surface area contributed by atoms with Crippen molar-refractivity contribution in [3.63, 3.8) is 0 Å². The van der Waals surface area contributed by atoms with Crippen molar-refractivity contribution < 1.29 is 8.78 Å². The second-order valence-electron chi connectivity index (χ2n) is 4.88. The molecule has 1 unspecified atom stereocenters. The van der Waals surface area contributed by atoms with Gasteiger partial charge in [0.15, 0.2) is 11.6 Å². The lowest BCUT2D eigenvalue weighted by Crippen LogP contribution is -2.39. The van der Waals surface area contributed by atoms with Crippen LogP contribution in [-0.2, 0) is 6.42 Å². The van der Waals surface area contributed by atoms with Gasteiger partial charge in [0.1, 0.15) is 0 Å². The second kappa shape index (κ2) is 7.44. The van der Waals surface area contributed by atoms with Crippen LogP contribution >= 0.6 is 0 Å². The topological polar surface area (TPSA) is 24.1 Å². The molecule has 2 N–H and O–H groups in total. The van der Waals surface area contributed by atoms with Crippen LogP contribution in [0.2, 0.25) is 0 Å². The van der Waals surface area contributed by atoms with E-state index in [2.05, 4.69) is 31.4 Å². The summed E-state index contributed by atoms with van der Waals surface area (Å²) in [6.45, 7) is 7.76. The zero-order valence-electron chi connectivity index (χ0n) is 11.3. The van der Waals surface area contributed by atoms with Crippen LogP contribution in [0, 0.1) is 11.6 Å². The van der Waals surface area contributed by atoms with Crippen LogP contribution in [0.15, 0.2) is 18.2 Å². The van der Waals surface area contributed by atoms with Crippen LogP contribution in [0.1, 0.15) is 26.3 Å². The Morgan fingerprint density at radius 3 is 2.50 bits per heavy atom. The Morgan fingerprint density at radius 2 is 1.83 bits per heavy atom. The van der Waals surface area contributed by atoms with Crippen LogP contribution in [0.3, 0.4) is 0 Å². The molecular weight excluding hydrogens is 234 g/mol. The Labute approximate surface area is 108 Å². The third kappa shape index (κ3) is 5.10. The minimum Gasteiger partial charge on any atom is -0.313 e. The minimum atomic E-state index is -0.776. The van der Waals surface area contributed by atoms with Crippen LogP contribution < -0.4 is 10.6 Å². The van der Waals surface area contributed by atoms with E-state index in [1.165, 1.54) is 6.07 Å². The largest absolute Gasteiger partial charge is 0.313 e. The minimum absolute atomic E-state index is 0.309. The summed E-state index contributed by atoms with van der Waals surface area (Å²) < 4.78 is 26.3. The first-order valence-electron chi connectivity index (χ1n) is 6.40. The van der Waals surface area contributed by atoms with E-state index in [4.69, 9.17) is 0 Å². The summed E-state index contributed by atoms with van der Waals surface area (Å²) in [7, 11) is 0. The molecule has 0 radical (unpaired) electrons. The maximum atomic E-state index is 13.4. The fourth-order valence-corrected chi connectivity index (χ4v) is 1.68. The van der Waals surface area contributed by atoms with E-state index in [1.807, 2.05) is 0 Å². The quantitative estimate of drug-likeness (QED) is 0.783. The molecular formula is C14H22F2N2. The monoisotopic (exact) mass is 256 g/mol. The normalized spacial score (nSPS) is 13.0. The van der Waals surface area contributed by atoms with Gasteiger partial charge in [-0.15, -0.1) is 0 Å². The Bertz CT molecular complexity index is 367. The molecule has 0 saturated carbocycles. The lowest BCUT2D eigenvalue weighted by Gasteiger charge is -2.16. The van der Waals surface area contributed by atoms with Gasteiger partial charge in [-0.25, -0.2) is 8.78 Å². The smallest absolute Gasteiger partial charge is 0.162 e. The highest BCUT2D eigenvalue weighted by atomic mass is 19.2. The third-order valence-corrected chi connectivity index (χ3v) is 2.75. The van der Waals surface area contributed by atoms with Gasteiger partial charge in [-0.1, -0.05) is 26.0 Å². The predicted molar refractivity (Wildman–Crippen MR) is 70.7 cm³/mol. The molecule has 4 heteroatoms. The average molecular weight is 256 g/mol. The molecule has 0 aliphatic heterocycles. The van der Waals surface area contributed by atoms with Crippen molar-refractivity contribution in [2.75, 3.05) is 13.1 Å². The van der Waals surface area contributed by atoms with E-state index in [1.54, 1.807) is 6.07 Å². The van der Waals surface area contributed by atoms with Crippen LogP contribution in [0.5, 0.6) is 0 Å². The molecule has 0 heterocycles. The molecule has 1 rings (SSSR count). The van der Waals surface area contributed by atoms with Gasteiger partial charge < -0.3 is 10.6 Å². The lowest BCUT2D eigenvalue weighted by atomic mass is 10.1. The van der Waals surface area contributed by atoms with Gasteiger partial charge in [-0.3, -0.25) is 0 Å². The zero-order chi connectivity index (χ0) is 13.5. The molecule has 1 atom stereocenters. The molecule has 1 aromatic rings. The van der Waals surface area contributed by atoms with Gasteiger partial charge in [0.25, 0.3) is 0 Å². The molecule has 0 amide bonds. The molecule has 0 saturated heterocycles. The third-order valence-electron chi connectivity index (χ3n) is 2.75. The second-order valence-corrected chi connectivity index (χ2v) is 4.88. The van der Waals surface area contributed by atoms with Crippen molar-refractivity contribution in [2.24, 2.45) is 0 Å². The Hall–Kier alpha value is -1.00. The summed E-state index contributed by atoms with van der Waals surface area (Å²) in [5, 5.41) is 6.60. The predicted octanol–water partition coefficient (Wildman–Crippen LogP) is 2.48. The Kier molecular flexibility index (Phi) is 6.22. The highest BCUT2D eigenvalue weighted by Gasteiger charge is 2.08. The highest BCUT2D eigenvalue weighted by Crippen LogP contribution is 2.11. The van der Waals surface area contributed by atoms with Crippen LogP contribution in [0.25, 0.3) is 0 Å². The summed E-state index contributed by atoms with van der Waals surface area (Å²) in [4.78, 5) is 0. The molecule has 0 spiro atoms. The van der Waals surface area contributed by atoms with E-state index in [-0.39, 0.29) is 0 Å². The van der Waals surface area contributed by atoms with Crippen molar-refractivity contribution in [1.82, 2.24) is 10.6 Å². The average Bonchev–Trinajstić information content (AvgIpc) is 2.32. The van der Waals surface area contributed by atoms with E-state index in [9.17, 15) is 8.78 Å². The molecule has 0 bridgehead atoms. The lowest BCUT2D eigenvalue weighted by molar-refractivity contribution is 0.468. The number of nitrogens with one attached hydrogen (secondary N) is 2. The Balaban J connectivity index is 2.31. The number of halogens is 2. The van der Waals surface area contributed by atoms with Crippen LogP contribution in [0.4, 0.5) is 8.78 Å². The highest BCUT2D eigenvalue weighted by molar-refractivity contribution is 5.19. The van der Waals surface area contributed by atoms with Gasteiger partial charge in [-0.05, 0) is 31.5 Å². The number of benzene rings is 1. The molecule has 102 valence electrons. The van der Waals surface area contributed by atoms with Gasteiger partial charge in [-0.2, -0.15) is 0 Å². The molecule has 18 heavy (non-hydrogen) atoms. The van der Waals surface area contributed by atoms with E-state index >= 15 is 0 Å². The van der Waals surface area contributed by atoms with Crippen molar-refractivity contribution in [1.29, 1.82) is 0 Å². The van der Waals surface area contributed by atoms with Crippen LogP contribution in [-0.4, -0.2) is 25.2 Å². The van der Waals surface area contributed by atoms with Crippen molar-refractivity contribution in [3.8, 4) is 0 Å². The number of rotatable bonds is 7. The summed E-state index contributed by atoms with van der Waals surface area (Å²) >= 11 is 0. The van der Waals surface area contributed by atoms with Crippen molar-refractivity contribution in [3.05, 3.63) is 35.4 Å². The fourth-order valence-electron chi connectivity index (χ4n) is 1.68. The van der Waals surface area contributed by atoms with E-state index in [0.29, 0.717) is 30.6 Å². The first-order valence-corrected chi connectivity index (χ1v) is 6.40. The molecule has 0 aliphatic rings. The fraction of sp³-hybridized carbons (Fsp3) is 0.571. The molecule has 0 aliphatic carbocycles. The standard InChI is InChI=1S/C14H22F2N2/c1-10(2)18-9-11(3)17-8-7-12-5-4-6-13(15)14(12)16/h4-6,10-11,17-18H,7-9H2,1-3H3. The summed E-state index contributed by atoms with van der Waals surface area (Å²) in [6.07, 6.45) is 0.496. The Morgan fingerprint density at radius 1 is 1.11 bits per heavy atom. The zero-order valence-corrected chi connectivity index (χ0v) is 11.3. The van der Waals surface area contributed by atoms with E-state index in [0.717, 1.165) is 12.6 Å². The molecule has 0 aromatic heterocycles. The SMILES string of the molecule is CC(C)NCC(C)NCCc1cccc(F)c1F. The summed E-state index contributed by atoms with van der Waals surface area (Å²) in [5.41, 5.74) is 0.423. The van der Waals surface area contributed by atoms with Crippen molar-refractivity contribution >= 4 is 0 Å². The molecule has 0 fully saturated rings. The summed E-state index contributed by atoms with van der Waals surface area (Å²) in [5.74, 6) is -1.51. The van der Waals surface area contributed by atoms with Gasteiger partial charge in [0.2, 0.25) is 0 Å². The van der Waals surface area contributed by atoms with Crippen molar-refractivity contribution in [2.45, 2.75) is 39.3 Å². The first kappa shape index (κ1) is 15.1. The number of hydrogen-bond donors (Lipinski definition) is 2. The maximum Gasteiger partial charge on any atom is 0.162 e. The first-order chi connectivity index (χ1) is 8.50. The van der Waals surface area contributed by atoms with Gasteiger partial charge >= 0.3 is 0 Å². The number of hydrogen-bond acceptors (Lipinski definition) is 2. The maximum absolute atomic E-state index is 13.4. The van der Waals surface area contributed by atoms with Gasteiger partial charge in [0, 0.05) is 18.6 Å². The van der Waals surface area contributed by atoms with Gasteiger partial charge in [0.05, 0.1) is 0 Å². The molecule has 2 nitrogen and oxygen atoms in total. The molecule has 1 aromatic carbocycles. The summed E-state index contributed by atoms with van der Waals surface area (Å²) in [6, 6.07) is 5.06.